The molecule has 2 aliphatic heterocycles. The van der Waals surface area contributed by atoms with Gasteiger partial charge in [0.1, 0.15) is 0 Å². The number of benzene rings is 1. The Morgan fingerprint density at radius 2 is 1.92 bits per heavy atom. The summed E-state index contributed by atoms with van der Waals surface area (Å²) < 4.78 is 27.0. The van der Waals surface area contributed by atoms with Crippen LogP contribution in [0.4, 0.5) is 14.5 Å². The highest BCUT2D eigenvalue weighted by molar-refractivity contribution is 5.96. The molecule has 0 bridgehead atoms. The number of fused-ring (bicyclic) bond motifs is 1. The standard InChI is InChI=1S/C18H23F2N3O2/c19-13-10-12-5-6-17(24)23(16(12)11-14(13)20)9-3-8-22-7-2-1-4-15(22)18(21)25/h10-11,15H,1-9H2,(H2,21,25). The highest BCUT2D eigenvalue weighted by atomic mass is 19.2. The van der Waals surface area contributed by atoms with Crippen LogP contribution in [0, 0.1) is 11.6 Å². The summed E-state index contributed by atoms with van der Waals surface area (Å²) in [5.74, 6) is -2.21. The van der Waals surface area contributed by atoms with E-state index in [1.54, 1.807) is 0 Å². The summed E-state index contributed by atoms with van der Waals surface area (Å²) in [7, 11) is 0. The van der Waals surface area contributed by atoms with Gasteiger partial charge in [0, 0.05) is 31.3 Å². The Hall–Kier alpha value is -2.02. The Balaban J connectivity index is 1.66. The average Bonchev–Trinajstić information content (AvgIpc) is 2.59. The van der Waals surface area contributed by atoms with Gasteiger partial charge >= 0.3 is 0 Å². The van der Waals surface area contributed by atoms with E-state index in [4.69, 9.17) is 5.73 Å². The Morgan fingerprint density at radius 1 is 1.16 bits per heavy atom. The topological polar surface area (TPSA) is 66.6 Å². The number of aryl methyl sites for hydroxylation is 1. The van der Waals surface area contributed by atoms with Crippen LogP contribution in [0.15, 0.2) is 12.1 Å². The molecule has 3 rings (SSSR count). The van der Waals surface area contributed by atoms with Crippen LogP contribution in [0.3, 0.4) is 0 Å². The molecular weight excluding hydrogens is 328 g/mol. The number of amides is 2. The third kappa shape index (κ3) is 3.81. The first-order chi connectivity index (χ1) is 12.0. The fourth-order valence-electron chi connectivity index (χ4n) is 3.80. The number of hydrogen-bond acceptors (Lipinski definition) is 3. The van der Waals surface area contributed by atoms with Gasteiger partial charge in [0.25, 0.3) is 0 Å². The van der Waals surface area contributed by atoms with Crippen molar-refractivity contribution in [3.8, 4) is 0 Å². The van der Waals surface area contributed by atoms with E-state index in [-0.39, 0.29) is 17.9 Å². The van der Waals surface area contributed by atoms with E-state index in [0.717, 1.165) is 31.9 Å². The van der Waals surface area contributed by atoms with Crippen molar-refractivity contribution in [3.63, 3.8) is 0 Å². The number of rotatable bonds is 5. The van der Waals surface area contributed by atoms with Crippen molar-refractivity contribution in [2.75, 3.05) is 24.5 Å². The van der Waals surface area contributed by atoms with Crippen LogP contribution >= 0.6 is 0 Å². The Labute approximate surface area is 145 Å². The molecule has 1 aromatic carbocycles. The number of likely N-dealkylation sites (tertiary alicyclic amines) is 1. The zero-order valence-corrected chi connectivity index (χ0v) is 14.1. The van der Waals surface area contributed by atoms with Gasteiger partial charge in [0.15, 0.2) is 11.6 Å². The molecule has 136 valence electrons. The van der Waals surface area contributed by atoms with Crippen molar-refractivity contribution in [2.45, 2.75) is 44.6 Å². The number of primary amides is 1. The molecular formula is C18H23F2N3O2. The largest absolute Gasteiger partial charge is 0.368 e. The Kier molecular flexibility index (Phi) is 5.32. The molecule has 1 aromatic rings. The lowest BCUT2D eigenvalue weighted by molar-refractivity contribution is -0.124. The van der Waals surface area contributed by atoms with Crippen molar-refractivity contribution in [1.82, 2.24) is 4.90 Å². The van der Waals surface area contributed by atoms with Crippen LogP contribution in [-0.2, 0) is 16.0 Å². The molecule has 1 atom stereocenters. The van der Waals surface area contributed by atoms with Gasteiger partial charge in [-0.2, -0.15) is 0 Å². The second-order valence-electron chi connectivity index (χ2n) is 6.74. The molecule has 0 saturated carbocycles. The highest BCUT2D eigenvalue weighted by Gasteiger charge is 2.28. The predicted octanol–water partition coefficient (Wildman–Crippen LogP) is 1.97. The van der Waals surface area contributed by atoms with Gasteiger partial charge in [0.2, 0.25) is 11.8 Å². The van der Waals surface area contributed by atoms with Crippen LogP contribution < -0.4 is 10.6 Å². The Morgan fingerprint density at radius 3 is 2.68 bits per heavy atom. The second-order valence-corrected chi connectivity index (χ2v) is 6.74. The zero-order valence-electron chi connectivity index (χ0n) is 14.1. The average molecular weight is 351 g/mol. The van der Waals surface area contributed by atoms with Gasteiger partial charge in [-0.15, -0.1) is 0 Å². The van der Waals surface area contributed by atoms with Gasteiger partial charge in [-0.05, 0) is 43.9 Å². The normalized spacial score (nSPS) is 21.3. The molecule has 0 radical (unpaired) electrons. The van der Waals surface area contributed by atoms with Crippen molar-refractivity contribution < 1.29 is 18.4 Å². The van der Waals surface area contributed by atoms with Crippen LogP contribution in [0.1, 0.15) is 37.7 Å². The monoisotopic (exact) mass is 351 g/mol. The molecule has 2 heterocycles. The third-order valence-corrected chi connectivity index (χ3v) is 5.09. The van der Waals surface area contributed by atoms with E-state index in [0.29, 0.717) is 43.6 Å². The van der Waals surface area contributed by atoms with Crippen molar-refractivity contribution in [3.05, 3.63) is 29.3 Å². The number of halogens is 2. The van der Waals surface area contributed by atoms with E-state index < -0.39 is 11.6 Å². The number of nitrogens with zero attached hydrogens (tertiary/aromatic N) is 2. The third-order valence-electron chi connectivity index (χ3n) is 5.09. The lowest BCUT2D eigenvalue weighted by Crippen LogP contribution is -2.48. The zero-order chi connectivity index (χ0) is 18.0. The molecule has 5 nitrogen and oxygen atoms in total. The highest BCUT2D eigenvalue weighted by Crippen LogP contribution is 2.30. The molecule has 2 aliphatic rings. The van der Waals surface area contributed by atoms with Crippen LogP contribution in [0.5, 0.6) is 0 Å². The maximum atomic E-state index is 13.6. The molecule has 0 aromatic heterocycles. The van der Waals surface area contributed by atoms with E-state index >= 15 is 0 Å². The van der Waals surface area contributed by atoms with Gasteiger partial charge in [-0.1, -0.05) is 6.42 Å². The molecule has 1 saturated heterocycles. The number of carbonyl (C=O) groups excluding carboxylic acids is 2. The van der Waals surface area contributed by atoms with Crippen molar-refractivity contribution in [1.29, 1.82) is 0 Å². The minimum atomic E-state index is -0.941. The summed E-state index contributed by atoms with van der Waals surface area (Å²) >= 11 is 0. The number of hydrogen-bond donors (Lipinski definition) is 1. The molecule has 0 spiro atoms. The van der Waals surface area contributed by atoms with Gasteiger partial charge < -0.3 is 10.6 Å². The maximum absolute atomic E-state index is 13.6. The molecule has 1 unspecified atom stereocenters. The summed E-state index contributed by atoms with van der Waals surface area (Å²) in [5.41, 5.74) is 6.58. The summed E-state index contributed by atoms with van der Waals surface area (Å²) in [4.78, 5) is 27.4. The molecule has 25 heavy (non-hydrogen) atoms. The van der Waals surface area contributed by atoms with E-state index in [1.807, 2.05) is 0 Å². The number of anilines is 1. The summed E-state index contributed by atoms with van der Waals surface area (Å²) in [5, 5.41) is 0. The van der Waals surface area contributed by atoms with E-state index in [9.17, 15) is 18.4 Å². The first-order valence-corrected chi connectivity index (χ1v) is 8.79. The fourth-order valence-corrected chi connectivity index (χ4v) is 3.80. The first-order valence-electron chi connectivity index (χ1n) is 8.79. The van der Waals surface area contributed by atoms with Crippen LogP contribution in [0.25, 0.3) is 0 Å². The molecule has 7 heteroatoms. The van der Waals surface area contributed by atoms with Gasteiger partial charge in [-0.25, -0.2) is 8.78 Å². The molecule has 2 amide bonds. The SMILES string of the molecule is NC(=O)C1CCCCN1CCCN1C(=O)CCc2cc(F)c(F)cc21. The van der Waals surface area contributed by atoms with Crippen LogP contribution in [0.2, 0.25) is 0 Å². The lowest BCUT2D eigenvalue weighted by atomic mass is 10.00. The number of piperidine rings is 1. The molecule has 1 fully saturated rings. The fraction of sp³-hybridized carbons (Fsp3) is 0.556. The Bertz CT molecular complexity index is 681. The minimum Gasteiger partial charge on any atom is -0.368 e. The van der Waals surface area contributed by atoms with Gasteiger partial charge in [-0.3, -0.25) is 14.5 Å². The summed E-state index contributed by atoms with van der Waals surface area (Å²) in [6.45, 7) is 1.88. The molecule has 0 aliphatic carbocycles. The van der Waals surface area contributed by atoms with Crippen molar-refractivity contribution in [2.24, 2.45) is 5.73 Å². The van der Waals surface area contributed by atoms with Gasteiger partial charge in [0.05, 0.1) is 6.04 Å². The second kappa shape index (κ2) is 7.47. The maximum Gasteiger partial charge on any atom is 0.234 e. The summed E-state index contributed by atoms with van der Waals surface area (Å²) in [6, 6.07) is 2.04. The molecule has 2 N–H and O–H groups in total. The smallest absolute Gasteiger partial charge is 0.234 e. The first kappa shape index (κ1) is 17.8. The van der Waals surface area contributed by atoms with E-state index in [1.165, 1.54) is 11.0 Å². The van der Waals surface area contributed by atoms with E-state index in [2.05, 4.69) is 4.90 Å². The van der Waals surface area contributed by atoms with Crippen molar-refractivity contribution >= 4 is 17.5 Å². The number of nitrogens with two attached hydrogens (primary N) is 1. The van der Waals surface area contributed by atoms with Crippen LogP contribution in [-0.4, -0.2) is 42.4 Å². The summed E-state index contributed by atoms with van der Waals surface area (Å²) in [6.07, 6.45) is 4.16. The quantitative estimate of drug-likeness (QED) is 0.882. The minimum absolute atomic E-state index is 0.0800. The lowest BCUT2D eigenvalue weighted by Gasteiger charge is -2.35. The number of carbonyl (C=O) groups is 2. The predicted molar refractivity (Wildman–Crippen MR) is 90.1 cm³/mol.